The number of nitrogens with zero attached hydrogens (tertiary/aromatic N) is 5. The summed E-state index contributed by atoms with van der Waals surface area (Å²) in [5.74, 6) is 0.442. The van der Waals surface area contributed by atoms with Crippen molar-refractivity contribution in [2.45, 2.75) is 38.1 Å². The van der Waals surface area contributed by atoms with Gasteiger partial charge in [-0.1, -0.05) is 18.6 Å². The molecular formula is C16H18N6OS. The average Bonchev–Trinajstić information content (AvgIpc) is 3.16. The third kappa shape index (κ3) is 3.01. The van der Waals surface area contributed by atoms with Crippen molar-refractivity contribution in [3.63, 3.8) is 0 Å². The third-order valence-corrected chi connectivity index (χ3v) is 5.37. The van der Waals surface area contributed by atoms with Gasteiger partial charge in [0, 0.05) is 19.5 Å². The highest BCUT2D eigenvalue weighted by Crippen LogP contribution is 2.24. The number of fused-ring (bicyclic) bond motifs is 2. The normalized spacial score (nSPS) is 17.4. The van der Waals surface area contributed by atoms with Gasteiger partial charge in [-0.2, -0.15) is 0 Å². The van der Waals surface area contributed by atoms with E-state index >= 15 is 0 Å². The predicted octanol–water partition coefficient (Wildman–Crippen LogP) is 1.91. The van der Waals surface area contributed by atoms with Crippen molar-refractivity contribution in [1.29, 1.82) is 0 Å². The maximum absolute atomic E-state index is 12.5. The Hall–Kier alpha value is -2.35. The summed E-state index contributed by atoms with van der Waals surface area (Å²) in [5.41, 5.74) is 1.02. The molecule has 4 rings (SSSR count). The van der Waals surface area contributed by atoms with Crippen LogP contribution in [-0.2, 0) is 17.8 Å². The van der Waals surface area contributed by atoms with Gasteiger partial charge in [0.05, 0.1) is 21.1 Å². The molecule has 0 fully saturated rings. The van der Waals surface area contributed by atoms with Crippen LogP contribution in [0.1, 0.15) is 36.0 Å². The molecule has 8 heteroatoms. The van der Waals surface area contributed by atoms with Gasteiger partial charge in [-0.15, -0.1) is 16.4 Å². The van der Waals surface area contributed by atoms with E-state index in [4.69, 9.17) is 0 Å². The number of aryl methyl sites for hydroxylation is 1. The summed E-state index contributed by atoms with van der Waals surface area (Å²) in [6.45, 7) is 1.37. The average molecular weight is 342 g/mol. The molecule has 0 unspecified atom stereocenters. The Bertz CT molecular complexity index is 824. The van der Waals surface area contributed by atoms with Gasteiger partial charge in [-0.05, 0) is 35.4 Å². The van der Waals surface area contributed by atoms with E-state index < -0.39 is 0 Å². The van der Waals surface area contributed by atoms with Gasteiger partial charge in [0.2, 0.25) is 5.91 Å². The van der Waals surface area contributed by atoms with Crippen molar-refractivity contribution < 1.29 is 4.79 Å². The Morgan fingerprint density at radius 2 is 2.25 bits per heavy atom. The van der Waals surface area contributed by atoms with Gasteiger partial charge >= 0.3 is 0 Å². The van der Waals surface area contributed by atoms with Crippen LogP contribution in [0.5, 0.6) is 0 Å². The van der Waals surface area contributed by atoms with E-state index in [1.807, 2.05) is 18.2 Å². The third-order valence-electron chi connectivity index (χ3n) is 4.28. The second-order valence-corrected chi connectivity index (χ2v) is 7.04. The highest BCUT2D eigenvalue weighted by atomic mass is 32.1. The molecule has 2 aromatic heterocycles. The number of hydrogen-bond acceptors (Lipinski definition) is 6. The largest absolute Gasteiger partial charge is 0.355 e. The lowest BCUT2D eigenvalue weighted by Gasteiger charge is -2.12. The van der Waals surface area contributed by atoms with Crippen molar-refractivity contribution in [2.75, 3.05) is 6.54 Å². The predicted molar refractivity (Wildman–Crippen MR) is 90.7 cm³/mol. The zero-order valence-electron chi connectivity index (χ0n) is 13.2. The molecule has 124 valence electrons. The first-order valence-electron chi connectivity index (χ1n) is 8.19. The molecule has 7 nitrogen and oxygen atoms in total. The lowest BCUT2D eigenvalue weighted by Crippen LogP contribution is -2.32. The maximum atomic E-state index is 12.5. The number of aromatic nitrogens is 5. The van der Waals surface area contributed by atoms with Gasteiger partial charge in [-0.3, -0.25) is 4.79 Å². The smallest absolute Gasteiger partial charge is 0.230 e. The highest BCUT2D eigenvalue weighted by molar-refractivity contribution is 7.18. The Balaban J connectivity index is 1.38. The van der Waals surface area contributed by atoms with Gasteiger partial charge in [0.1, 0.15) is 0 Å². The molecule has 1 atom stereocenters. The van der Waals surface area contributed by atoms with Crippen LogP contribution >= 0.6 is 11.3 Å². The molecular weight excluding hydrogens is 324 g/mol. The lowest BCUT2D eigenvalue weighted by atomic mass is 10.0. The number of rotatable bonds is 4. The quantitative estimate of drug-likeness (QED) is 0.783. The molecule has 1 aliphatic heterocycles. The Kier molecular flexibility index (Phi) is 4.20. The molecule has 0 saturated heterocycles. The van der Waals surface area contributed by atoms with Gasteiger partial charge in [0.25, 0.3) is 0 Å². The zero-order chi connectivity index (χ0) is 16.4. The summed E-state index contributed by atoms with van der Waals surface area (Å²) in [6.07, 6.45) is 3.55. The first kappa shape index (κ1) is 15.2. The number of thiazole rings is 1. The number of amides is 1. The first-order chi connectivity index (χ1) is 11.8. The minimum absolute atomic E-state index is 0.00839. The van der Waals surface area contributed by atoms with E-state index in [9.17, 15) is 4.79 Å². The number of nitrogens with one attached hydrogen (secondary N) is 1. The molecule has 1 aromatic carbocycles. The van der Waals surface area contributed by atoms with Crippen molar-refractivity contribution in [2.24, 2.45) is 0 Å². The van der Waals surface area contributed by atoms with Crippen LogP contribution in [0.4, 0.5) is 0 Å². The summed E-state index contributed by atoms with van der Waals surface area (Å²) in [6, 6.07) is 8.09. The number of para-hydroxylation sites is 1. The first-order valence-corrected chi connectivity index (χ1v) is 9.01. The van der Waals surface area contributed by atoms with Crippen LogP contribution in [-0.4, -0.2) is 37.6 Å². The molecule has 0 saturated carbocycles. The molecule has 1 N–H and O–H groups in total. The summed E-state index contributed by atoms with van der Waals surface area (Å²) in [5, 5.41) is 15.8. The number of hydrogen-bond donors (Lipinski definition) is 1. The SMILES string of the molecule is O=C(NCCc1nc2ccccc2s1)[C@@H]1CCCCn2nnnc21. The molecule has 0 radical (unpaired) electrons. The molecule has 1 aliphatic rings. The van der Waals surface area contributed by atoms with E-state index in [1.54, 1.807) is 16.0 Å². The summed E-state index contributed by atoms with van der Waals surface area (Å²) in [4.78, 5) is 17.1. The van der Waals surface area contributed by atoms with Crippen molar-refractivity contribution in [3.05, 3.63) is 35.1 Å². The minimum atomic E-state index is -0.252. The monoisotopic (exact) mass is 342 g/mol. The molecule has 3 aromatic rings. The topological polar surface area (TPSA) is 85.6 Å². The van der Waals surface area contributed by atoms with Crippen LogP contribution < -0.4 is 5.32 Å². The van der Waals surface area contributed by atoms with Gasteiger partial charge in [-0.25, -0.2) is 9.67 Å². The fraction of sp³-hybridized carbons (Fsp3) is 0.438. The van der Waals surface area contributed by atoms with E-state index in [-0.39, 0.29) is 11.8 Å². The number of carbonyl (C=O) groups excluding carboxylic acids is 1. The van der Waals surface area contributed by atoms with Crippen LogP contribution in [0, 0.1) is 0 Å². The van der Waals surface area contributed by atoms with E-state index in [0.717, 1.165) is 42.8 Å². The fourth-order valence-electron chi connectivity index (χ4n) is 3.05. The van der Waals surface area contributed by atoms with Crippen molar-refractivity contribution >= 4 is 27.5 Å². The standard InChI is InChI=1S/C16H18N6OS/c23-16(11-5-3-4-10-22-15(11)19-20-21-22)17-9-8-14-18-12-6-1-2-7-13(12)24-14/h1-2,6-7,11H,3-5,8-10H2,(H,17,23)/t11-/m1/s1. The molecule has 1 amide bonds. The number of carbonyl (C=O) groups is 1. The van der Waals surface area contributed by atoms with Crippen LogP contribution in [0.15, 0.2) is 24.3 Å². The van der Waals surface area contributed by atoms with Gasteiger partial charge in [0.15, 0.2) is 5.82 Å². The second-order valence-electron chi connectivity index (χ2n) is 5.92. The number of benzene rings is 1. The molecule has 0 bridgehead atoms. The molecule has 3 heterocycles. The van der Waals surface area contributed by atoms with E-state index in [1.165, 1.54) is 4.70 Å². The highest BCUT2D eigenvalue weighted by Gasteiger charge is 2.28. The van der Waals surface area contributed by atoms with Gasteiger partial charge < -0.3 is 5.32 Å². The second kappa shape index (κ2) is 6.64. The summed E-state index contributed by atoms with van der Waals surface area (Å²) in [7, 11) is 0. The maximum Gasteiger partial charge on any atom is 0.230 e. The van der Waals surface area contributed by atoms with Crippen LogP contribution in [0.2, 0.25) is 0 Å². The molecule has 24 heavy (non-hydrogen) atoms. The fourth-order valence-corrected chi connectivity index (χ4v) is 4.02. The zero-order valence-corrected chi connectivity index (χ0v) is 14.0. The molecule has 0 aliphatic carbocycles. The summed E-state index contributed by atoms with van der Waals surface area (Å²) < 4.78 is 2.94. The van der Waals surface area contributed by atoms with E-state index in [0.29, 0.717) is 12.4 Å². The van der Waals surface area contributed by atoms with Crippen molar-refractivity contribution in [3.8, 4) is 0 Å². The Morgan fingerprint density at radius 3 is 3.17 bits per heavy atom. The van der Waals surface area contributed by atoms with E-state index in [2.05, 4.69) is 31.9 Å². The van der Waals surface area contributed by atoms with Crippen LogP contribution in [0.3, 0.4) is 0 Å². The number of tetrazole rings is 1. The van der Waals surface area contributed by atoms with Crippen LogP contribution in [0.25, 0.3) is 10.2 Å². The lowest BCUT2D eigenvalue weighted by molar-refractivity contribution is -0.122. The molecule has 0 spiro atoms. The van der Waals surface area contributed by atoms with Crippen molar-refractivity contribution in [1.82, 2.24) is 30.5 Å². The summed E-state index contributed by atoms with van der Waals surface area (Å²) >= 11 is 1.68. The Morgan fingerprint density at radius 1 is 1.33 bits per heavy atom. The Labute approximate surface area is 143 Å². The minimum Gasteiger partial charge on any atom is -0.355 e.